The third kappa shape index (κ3) is 4.04. The molecule has 0 heterocycles. The first kappa shape index (κ1) is 15.5. The lowest BCUT2D eigenvalue weighted by Gasteiger charge is -2.22. The SMILES string of the molecule is CCCN(CC1CC1)S(=O)(=O)Cc1ccccc1CN. The Balaban J connectivity index is 2.14. The molecule has 4 nitrogen and oxygen atoms in total. The molecule has 0 aromatic heterocycles. The standard InChI is InChI=1S/C15H24N2O2S/c1-2-9-17(11-13-7-8-13)20(18,19)12-15-6-4-3-5-14(15)10-16/h3-6,13H,2,7-12,16H2,1H3. The van der Waals surface area contributed by atoms with E-state index in [2.05, 4.69) is 0 Å². The van der Waals surface area contributed by atoms with Crippen molar-refractivity contribution in [2.45, 2.75) is 38.5 Å². The van der Waals surface area contributed by atoms with Crippen LogP contribution in [-0.2, 0) is 22.3 Å². The lowest BCUT2D eigenvalue weighted by molar-refractivity contribution is 0.395. The quantitative estimate of drug-likeness (QED) is 0.799. The second kappa shape index (κ2) is 6.70. The van der Waals surface area contributed by atoms with Gasteiger partial charge in [-0.25, -0.2) is 12.7 Å². The molecule has 1 aromatic carbocycles. The van der Waals surface area contributed by atoms with Gasteiger partial charge in [0.2, 0.25) is 10.0 Å². The first-order chi connectivity index (χ1) is 9.56. The van der Waals surface area contributed by atoms with Gasteiger partial charge in [-0.3, -0.25) is 0 Å². The van der Waals surface area contributed by atoms with Gasteiger partial charge in [-0.15, -0.1) is 0 Å². The number of sulfonamides is 1. The zero-order valence-corrected chi connectivity index (χ0v) is 12.9. The molecule has 20 heavy (non-hydrogen) atoms. The Labute approximate surface area is 122 Å². The highest BCUT2D eigenvalue weighted by atomic mass is 32.2. The smallest absolute Gasteiger partial charge is 0.218 e. The van der Waals surface area contributed by atoms with Crippen molar-refractivity contribution in [3.05, 3.63) is 35.4 Å². The van der Waals surface area contributed by atoms with Gasteiger partial charge in [-0.2, -0.15) is 0 Å². The maximum Gasteiger partial charge on any atom is 0.218 e. The van der Waals surface area contributed by atoms with E-state index in [1.165, 1.54) is 0 Å². The summed E-state index contributed by atoms with van der Waals surface area (Å²) in [5.74, 6) is 0.633. The Kier molecular flexibility index (Phi) is 5.18. The van der Waals surface area contributed by atoms with E-state index in [1.54, 1.807) is 4.31 Å². The van der Waals surface area contributed by atoms with Gasteiger partial charge in [0, 0.05) is 19.6 Å². The summed E-state index contributed by atoms with van der Waals surface area (Å²) in [7, 11) is -3.25. The lowest BCUT2D eigenvalue weighted by atomic mass is 10.1. The molecule has 1 aromatic rings. The number of nitrogens with two attached hydrogens (primary N) is 1. The Hall–Kier alpha value is -0.910. The Morgan fingerprint density at radius 2 is 1.90 bits per heavy atom. The highest BCUT2D eigenvalue weighted by molar-refractivity contribution is 7.88. The van der Waals surface area contributed by atoms with Crippen LogP contribution < -0.4 is 5.73 Å². The van der Waals surface area contributed by atoms with Crippen molar-refractivity contribution < 1.29 is 8.42 Å². The van der Waals surface area contributed by atoms with Gasteiger partial charge in [-0.1, -0.05) is 31.2 Å². The zero-order valence-electron chi connectivity index (χ0n) is 12.1. The molecule has 1 aliphatic carbocycles. The van der Waals surface area contributed by atoms with Gasteiger partial charge in [-0.05, 0) is 36.3 Å². The molecule has 0 bridgehead atoms. The largest absolute Gasteiger partial charge is 0.326 e. The van der Waals surface area contributed by atoms with E-state index in [-0.39, 0.29) is 5.75 Å². The van der Waals surface area contributed by atoms with Crippen LogP contribution in [0.1, 0.15) is 37.3 Å². The summed E-state index contributed by atoms with van der Waals surface area (Å²) in [5, 5.41) is 0. The highest BCUT2D eigenvalue weighted by Gasteiger charge is 2.30. The first-order valence-corrected chi connectivity index (χ1v) is 8.92. The van der Waals surface area contributed by atoms with Gasteiger partial charge in [0.25, 0.3) is 0 Å². The predicted molar refractivity (Wildman–Crippen MR) is 81.5 cm³/mol. The molecule has 2 rings (SSSR count). The van der Waals surface area contributed by atoms with Crippen molar-refractivity contribution in [1.82, 2.24) is 4.31 Å². The maximum atomic E-state index is 12.6. The van der Waals surface area contributed by atoms with Crippen LogP contribution in [-0.4, -0.2) is 25.8 Å². The van der Waals surface area contributed by atoms with E-state index in [1.807, 2.05) is 31.2 Å². The summed E-state index contributed by atoms with van der Waals surface area (Å²) in [5.41, 5.74) is 7.43. The van der Waals surface area contributed by atoms with Crippen LogP contribution in [0.2, 0.25) is 0 Å². The van der Waals surface area contributed by atoms with Crippen molar-refractivity contribution in [2.24, 2.45) is 11.7 Å². The molecule has 1 fully saturated rings. The van der Waals surface area contributed by atoms with Gasteiger partial charge in [0.15, 0.2) is 0 Å². The molecule has 2 N–H and O–H groups in total. The summed E-state index contributed by atoms with van der Waals surface area (Å²) < 4.78 is 26.9. The minimum Gasteiger partial charge on any atom is -0.326 e. The monoisotopic (exact) mass is 296 g/mol. The molecule has 0 spiro atoms. The van der Waals surface area contributed by atoms with Gasteiger partial charge >= 0.3 is 0 Å². The first-order valence-electron chi connectivity index (χ1n) is 7.31. The average molecular weight is 296 g/mol. The fraction of sp³-hybridized carbons (Fsp3) is 0.600. The van der Waals surface area contributed by atoms with Crippen molar-refractivity contribution in [1.29, 1.82) is 0 Å². The average Bonchev–Trinajstić information content (AvgIpc) is 3.22. The third-order valence-corrected chi connectivity index (χ3v) is 5.50. The minimum atomic E-state index is -3.25. The molecule has 0 unspecified atom stereocenters. The zero-order chi connectivity index (χ0) is 14.6. The maximum absolute atomic E-state index is 12.6. The van der Waals surface area contributed by atoms with Crippen LogP contribution in [0.15, 0.2) is 24.3 Å². The van der Waals surface area contributed by atoms with Crippen LogP contribution >= 0.6 is 0 Å². The van der Waals surface area contributed by atoms with Crippen molar-refractivity contribution in [2.75, 3.05) is 13.1 Å². The second-order valence-electron chi connectivity index (χ2n) is 5.53. The van der Waals surface area contributed by atoms with Crippen LogP contribution in [0.3, 0.4) is 0 Å². The molecule has 0 atom stereocenters. The van der Waals surface area contributed by atoms with Gasteiger partial charge in [0.05, 0.1) is 5.75 Å². The fourth-order valence-corrected chi connectivity index (χ4v) is 4.12. The predicted octanol–water partition coefficient (Wildman–Crippen LogP) is 2.10. The summed E-state index contributed by atoms with van der Waals surface area (Å²) >= 11 is 0. The molecule has 0 amide bonds. The normalized spacial score (nSPS) is 15.8. The minimum absolute atomic E-state index is 0.0626. The van der Waals surface area contributed by atoms with Crippen molar-refractivity contribution in [3.63, 3.8) is 0 Å². The molecule has 0 aliphatic heterocycles. The Morgan fingerprint density at radius 3 is 2.45 bits per heavy atom. The Bertz CT molecular complexity index is 539. The van der Waals surface area contributed by atoms with E-state index in [4.69, 9.17) is 5.73 Å². The number of nitrogens with zero attached hydrogens (tertiary/aromatic N) is 1. The van der Waals surface area contributed by atoms with Crippen LogP contribution in [0.5, 0.6) is 0 Å². The number of rotatable bonds is 8. The topological polar surface area (TPSA) is 63.4 Å². The molecule has 0 saturated heterocycles. The number of benzene rings is 1. The lowest BCUT2D eigenvalue weighted by Crippen LogP contribution is -2.34. The molecular formula is C15H24N2O2S. The Morgan fingerprint density at radius 1 is 1.25 bits per heavy atom. The van der Waals surface area contributed by atoms with Crippen LogP contribution in [0.4, 0.5) is 0 Å². The second-order valence-corrected chi connectivity index (χ2v) is 7.50. The fourth-order valence-electron chi connectivity index (χ4n) is 2.37. The summed E-state index contributed by atoms with van der Waals surface area (Å²) in [6.45, 7) is 3.69. The third-order valence-electron chi connectivity index (χ3n) is 3.70. The molecule has 5 heteroatoms. The summed E-state index contributed by atoms with van der Waals surface area (Å²) in [4.78, 5) is 0. The molecule has 0 radical (unpaired) electrons. The van der Waals surface area contributed by atoms with E-state index in [0.717, 1.165) is 30.4 Å². The van der Waals surface area contributed by atoms with E-state index < -0.39 is 10.0 Å². The number of hydrogen-bond acceptors (Lipinski definition) is 3. The van der Waals surface area contributed by atoms with Crippen LogP contribution in [0, 0.1) is 5.92 Å². The molecule has 112 valence electrons. The van der Waals surface area contributed by atoms with Gasteiger partial charge < -0.3 is 5.73 Å². The van der Waals surface area contributed by atoms with E-state index in [9.17, 15) is 8.42 Å². The number of hydrogen-bond donors (Lipinski definition) is 1. The van der Waals surface area contributed by atoms with Crippen LogP contribution in [0.25, 0.3) is 0 Å². The van der Waals surface area contributed by atoms with Crippen molar-refractivity contribution >= 4 is 10.0 Å². The molecular weight excluding hydrogens is 272 g/mol. The van der Waals surface area contributed by atoms with Gasteiger partial charge in [0.1, 0.15) is 0 Å². The molecule has 1 aliphatic rings. The highest BCUT2D eigenvalue weighted by Crippen LogP contribution is 2.31. The summed E-state index contributed by atoms with van der Waals surface area (Å²) in [6, 6.07) is 7.53. The van der Waals surface area contributed by atoms with E-state index >= 15 is 0 Å². The summed E-state index contributed by atoms with van der Waals surface area (Å²) in [6.07, 6.45) is 3.18. The molecule has 1 saturated carbocycles. The van der Waals surface area contributed by atoms with E-state index in [0.29, 0.717) is 25.6 Å². The van der Waals surface area contributed by atoms with Crippen molar-refractivity contribution in [3.8, 4) is 0 Å².